The molecule has 0 saturated carbocycles. The van der Waals surface area contributed by atoms with Crippen molar-refractivity contribution in [1.29, 1.82) is 0 Å². The molecule has 0 atom stereocenters. The maximum atomic E-state index is 2.91. The molecular formula is C5H7N. The van der Waals surface area contributed by atoms with Crippen LogP contribution in [0.1, 0.15) is 0 Å². The Hall–Kier alpha value is -0.480. The van der Waals surface area contributed by atoms with E-state index in [2.05, 4.69) is 16.7 Å². The molecule has 1 aliphatic carbocycles. The fraction of sp³-hybridized carbons (Fsp3) is 0.600. The fourth-order valence-corrected chi connectivity index (χ4v) is 0.295. The van der Waals surface area contributed by atoms with Crippen LogP contribution in [-0.4, -0.2) is 25.0 Å². The summed E-state index contributed by atoms with van der Waals surface area (Å²) in [6, 6.07) is 0.435. The van der Waals surface area contributed by atoms with Gasteiger partial charge in [-0.05, 0) is 14.1 Å². The third-order valence-corrected chi connectivity index (χ3v) is 0.790. The lowest BCUT2D eigenvalue weighted by Crippen LogP contribution is -2.16. The summed E-state index contributed by atoms with van der Waals surface area (Å²) in [5, 5.41) is 0. The zero-order chi connectivity index (χ0) is 4.57. The molecule has 0 N–H and O–H groups in total. The van der Waals surface area contributed by atoms with E-state index in [1.165, 1.54) is 0 Å². The quantitative estimate of drug-likeness (QED) is 0.399. The van der Waals surface area contributed by atoms with E-state index in [4.69, 9.17) is 0 Å². The highest BCUT2D eigenvalue weighted by molar-refractivity contribution is 5.35. The van der Waals surface area contributed by atoms with Crippen molar-refractivity contribution in [2.75, 3.05) is 14.1 Å². The fourth-order valence-electron chi connectivity index (χ4n) is 0.295. The first-order valence-corrected chi connectivity index (χ1v) is 1.98. The van der Waals surface area contributed by atoms with Crippen LogP contribution in [0.15, 0.2) is 0 Å². The van der Waals surface area contributed by atoms with Crippen LogP contribution in [0.4, 0.5) is 0 Å². The Morgan fingerprint density at radius 3 is 1.83 bits per heavy atom. The Morgan fingerprint density at radius 2 is 1.83 bits per heavy atom. The van der Waals surface area contributed by atoms with Crippen molar-refractivity contribution in [2.24, 2.45) is 0 Å². The summed E-state index contributed by atoms with van der Waals surface area (Å²) in [6.45, 7) is 0. The van der Waals surface area contributed by atoms with Crippen molar-refractivity contribution in [2.45, 2.75) is 6.04 Å². The number of hydrogen-bond donors (Lipinski definition) is 0. The zero-order valence-electron chi connectivity index (χ0n) is 4.02. The van der Waals surface area contributed by atoms with Gasteiger partial charge < -0.3 is 0 Å². The largest absolute Gasteiger partial charge is 0.286 e. The normalized spacial score (nSPS) is 17.2. The van der Waals surface area contributed by atoms with Crippen LogP contribution < -0.4 is 0 Å². The molecule has 0 unspecified atom stereocenters. The van der Waals surface area contributed by atoms with Crippen LogP contribution in [-0.2, 0) is 0 Å². The molecule has 0 radical (unpaired) electrons. The monoisotopic (exact) mass is 81.1 g/mol. The summed E-state index contributed by atoms with van der Waals surface area (Å²) in [5.74, 6) is 5.82. The SMILES string of the molecule is CN(C)C1C#C1. The van der Waals surface area contributed by atoms with Gasteiger partial charge >= 0.3 is 0 Å². The number of rotatable bonds is 1. The topological polar surface area (TPSA) is 3.24 Å². The third-order valence-electron chi connectivity index (χ3n) is 0.790. The van der Waals surface area contributed by atoms with Gasteiger partial charge in [-0.3, -0.25) is 4.90 Å². The second-order valence-electron chi connectivity index (χ2n) is 1.65. The summed E-state index contributed by atoms with van der Waals surface area (Å²) >= 11 is 0. The summed E-state index contributed by atoms with van der Waals surface area (Å²) in [6.07, 6.45) is 0. The second-order valence-corrected chi connectivity index (χ2v) is 1.65. The van der Waals surface area contributed by atoms with Gasteiger partial charge in [0.25, 0.3) is 0 Å². The maximum Gasteiger partial charge on any atom is 0.133 e. The molecule has 0 fully saturated rings. The molecule has 1 rings (SSSR count). The minimum Gasteiger partial charge on any atom is -0.286 e. The van der Waals surface area contributed by atoms with E-state index < -0.39 is 0 Å². The average molecular weight is 81.1 g/mol. The summed E-state index contributed by atoms with van der Waals surface area (Å²) in [5.41, 5.74) is 0. The third kappa shape index (κ3) is 0.526. The number of nitrogens with zero attached hydrogens (tertiary/aromatic N) is 1. The highest BCUT2D eigenvalue weighted by atomic mass is 15.1. The van der Waals surface area contributed by atoms with E-state index in [0.29, 0.717) is 6.04 Å². The predicted molar refractivity (Wildman–Crippen MR) is 25.3 cm³/mol. The van der Waals surface area contributed by atoms with Crippen molar-refractivity contribution in [3.8, 4) is 11.8 Å². The van der Waals surface area contributed by atoms with Crippen LogP contribution in [0.2, 0.25) is 0 Å². The molecule has 0 aromatic rings. The first-order valence-electron chi connectivity index (χ1n) is 1.98. The van der Waals surface area contributed by atoms with Crippen LogP contribution in [0, 0.1) is 11.8 Å². The van der Waals surface area contributed by atoms with Gasteiger partial charge in [-0.25, -0.2) is 0 Å². The summed E-state index contributed by atoms with van der Waals surface area (Å²) in [4.78, 5) is 2.06. The highest BCUT2D eigenvalue weighted by Crippen LogP contribution is 1.97. The van der Waals surface area contributed by atoms with E-state index in [-0.39, 0.29) is 0 Å². The van der Waals surface area contributed by atoms with Crippen molar-refractivity contribution >= 4 is 0 Å². The van der Waals surface area contributed by atoms with Gasteiger partial charge in [0.1, 0.15) is 6.04 Å². The molecule has 0 aromatic carbocycles. The molecule has 32 valence electrons. The van der Waals surface area contributed by atoms with E-state index in [9.17, 15) is 0 Å². The van der Waals surface area contributed by atoms with E-state index in [0.717, 1.165) is 0 Å². The van der Waals surface area contributed by atoms with E-state index >= 15 is 0 Å². The van der Waals surface area contributed by atoms with Crippen molar-refractivity contribution in [3.63, 3.8) is 0 Å². The predicted octanol–water partition coefficient (Wildman–Crippen LogP) is -0.0664. The first kappa shape index (κ1) is 3.70. The van der Waals surface area contributed by atoms with Crippen molar-refractivity contribution in [1.82, 2.24) is 4.90 Å². The molecule has 1 nitrogen and oxygen atoms in total. The molecule has 0 aliphatic heterocycles. The molecule has 1 aliphatic rings. The van der Waals surface area contributed by atoms with Gasteiger partial charge in [-0.15, -0.1) is 0 Å². The molecule has 0 aromatic heterocycles. The molecule has 0 heterocycles. The zero-order valence-corrected chi connectivity index (χ0v) is 4.02. The minimum absolute atomic E-state index is 0.435. The van der Waals surface area contributed by atoms with E-state index in [1.807, 2.05) is 14.1 Å². The second kappa shape index (κ2) is 0.990. The standard InChI is InChI=1S/C5H7N/c1-6(2)5-3-4-5/h5H,1-2H3. The first-order chi connectivity index (χ1) is 2.80. The molecule has 1 heteroatoms. The lowest BCUT2D eigenvalue weighted by Gasteiger charge is -2.02. The molecule has 0 saturated heterocycles. The average Bonchev–Trinajstić information content (AvgIpc) is 2.06. The molecular weight excluding hydrogens is 74.1 g/mol. The lowest BCUT2D eigenvalue weighted by molar-refractivity contribution is 0.427. The van der Waals surface area contributed by atoms with E-state index in [1.54, 1.807) is 0 Å². The van der Waals surface area contributed by atoms with Gasteiger partial charge in [0.2, 0.25) is 0 Å². The van der Waals surface area contributed by atoms with Gasteiger partial charge in [0.05, 0.1) is 0 Å². The van der Waals surface area contributed by atoms with Gasteiger partial charge in [0, 0.05) is 0 Å². The maximum absolute atomic E-state index is 2.91. The van der Waals surface area contributed by atoms with Gasteiger partial charge in [0.15, 0.2) is 0 Å². The van der Waals surface area contributed by atoms with Crippen LogP contribution in [0.3, 0.4) is 0 Å². The van der Waals surface area contributed by atoms with Crippen LogP contribution in [0.25, 0.3) is 0 Å². The lowest BCUT2D eigenvalue weighted by atomic mass is 10.6. The molecule has 0 amide bonds. The summed E-state index contributed by atoms with van der Waals surface area (Å²) in [7, 11) is 4.02. The van der Waals surface area contributed by atoms with Gasteiger partial charge in [-0.1, -0.05) is 11.8 Å². The summed E-state index contributed by atoms with van der Waals surface area (Å²) < 4.78 is 0. The van der Waals surface area contributed by atoms with Crippen molar-refractivity contribution in [3.05, 3.63) is 0 Å². The molecule has 6 heavy (non-hydrogen) atoms. The van der Waals surface area contributed by atoms with Crippen molar-refractivity contribution < 1.29 is 0 Å². The Balaban J connectivity index is 2.18. The van der Waals surface area contributed by atoms with Gasteiger partial charge in [-0.2, -0.15) is 0 Å². The Bertz CT molecular complexity index is 96.8. The van der Waals surface area contributed by atoms with Crippen LogP contribution >= 0.6 is 0 Å². The Labute approximate surface area is 38.0 Å². The smallest absolute Gasteiger partial charge is 0.133 e. The highest BCUT2D eigenvalue weighted by Gasteiger charge is 2.10. The Morgan fingerprint density at radius 1 is 1.33 bits per heavy atom. The van der Waals surface area contributed by atoms with Crippen LogP contribution in [0.5, 0.6) is 0 Å². The number of hydrogen-bond acceptors (Lipinski definition) is 1. The Kier molecular flexibility index (Phi) is 0.611. The molecule has 0 spiro atoms. The minimum atomic E-state index is 0.435. The molecule has 0 bridgehead atoms.